The quantitative estimate of drug-likeness (QED) is 0.689. The van der Waals surface area contributed by atoms with E-state index in [0.29, 0.717) is 5.76 Å². The van der Waals surface area contributed by atoms with Gasteiger partial charge < -0.3 is 9.63 Å². The third kappa shape index (κ3) is 1.14. The molecule has 0 aliphatic rings. The van der Waals surface area contributed by atoms with E-state index in [1.165, 1.54) is 6.07 Å². The zero-order valence-corrected chi connectivity index (χ0v) is 6.14. The molecule has 0 aliphatic carbocycles. The Morgan fingerprint density at radius 2 is 2.33 bits per heavy atom. The molecule has 4 heteroatoms. The lowest BCUT2D eigenvalue weighted by molar-refractivity contribution is 0.365. The molecule has 0 atom stereocenters. The van der Waals surface area contributed by atoms with Crippen molar-refractivity contribution in [3.8, 4) is 17.2 Å². The number of rotatable bonds is 1. The largest absolute Gasteiger partial charge is 0.491 e. The molecule has 0 spiro atoms. The van der Waals surface area contributed by atoms with Crippen LogP contribution in [0.5, 0.6) is 5.88 Å². The standard InChI is InChI=1S/C8H6N2O2/c11-8-4-7(12-10-8)6-2-1-3-9-5-6/h1-5H,(H,10,11). The van der Waals surface area contributed by atoms with Crippen LogP contribution in [-0.2, 0) is 0 Å². The molecule has 1 N–H and O–H groups in total. The summed E-state index contributed by atoms with van der Waals surface area (Å²) < 4.78 is 4.81. The molecule has 0 amide bonds. The van der Waals surface area contributed by atoms with Crippen LogP contribution in [0.2, 0.25) is 0 Å². The maximum atomic E-state index is 8.89. The smallest absolute Gasteiger partial charge is 0.252 e. The molecule has 2 aromatic rings. The molecule has 0 bridgehead atoms. The monoisotopic (exact) mass is 162 g/mol. The van der Waals surface area contributed by atoms with Crippen molar-refractivity contribution in [1.29, 1.82) is 0 Å². The van der Waals surface area contributed by atoms with Crippen LogP contribution in [0.25, 0.3) is 11.3 Å². The topological polar surface area (TPSA) is 59.2 Å². The minimum Gasteiger partial charge on any atom is -0.491 e. The van der Waals surface area contributed by atoms with Gasteiger partial charge in [0.2, 0.25) is 0 Å². The van der Waals surface area contributed by atoms with Crippen LogP contribution in [0.3, 0.4) is 0 Å². The van der Waals surface area contributed by atoms with Gasteiger partial charge >= 0.3 is 0 Å². The van der Waals surface area contributed by atoms with Gasteiger partial charge in [0.15, 0.2) is 5.76 Å². The normalized spacial score (nSPS) is 10.0. The van der Waals surface area contributed by atoms with E-state index < -0.39 is 0 Å². The summed E-state index contributed by atoms with van der Waals surface area (Å²) in [5.74, 6) is 0.398. The summed E-state index contributed by atoms with van der Waals surface area (Å²) in [5, 5.41) is 12.2. The molecule has 2 aromatic heterocycles. The summed E-state index contributed by atoms with van der Waals surface area (Å²) in [6.07, 6.45) is 3.31. The molecule has 4 nitrogen and oxygen atoms in total. The van der Waals surface area contributed by atoms with Crippen molar-refractivity contribution in [1.82, 2.24) is 10.1 Å². The maximum absolute atomic E-state index is 8.89. The Labute approximate surface area is 68.5 Å². The third-order valence-electron chi connectivity index (χ3n) is 1.44. The van der Waals surface area contributed by atoms with E-state index in [1.807, 2.05) is 6.07 Å². The fraction of sp³-hybridized carbons (Fsp3) is 0. The molecule has 0 fully saturated rings. The van der Waals surface area contributed by atoms with Crippen LogP contribution in [-0.4, -0.2) is 15.2 Å². The van der Waals surface area contributed by atoms with Gasteiger partial charge in [0.05, 0.1) is 0 Å². The highest BCUT2D eigenvalue weighted by Gasteiger charge is 2.03. The van der Waals surface area contributed by atoms with Crippen molar-refractivity contribution < 1.29 is 9.63 Å². The number of aromatic nitrogens is 2. The van der Waals surface area contributed by atoms with Gasteiger partial charge in [-0.3, -0.25) is 4.98 Å². The molecule has 2 rings (SSSR count). The molecular formula is C8H6N2O2. The number of hydrogen-bond donors (Lipinski definition) is 1. The highest BCUT2D eigenvalue weighted by atomic mass is 16.5. The number of nitrogens with zero attached hydrogens (tertiary/aromatic N) is 2. The average Bonchev–Trinajstić information content (AvgIpc) is 2.54. The molecule has 0 aromatic carbocycles. The Bertz CT molecular complexity index is 370. The minimum absolute atomic E-state index is 0.117. The molecule has 12 heavy (non-hydrogen) atoms. The fourth-order valence-corrected chi connectivity index (χ4v) is 0.910. The van der Waals surface area contributed by atoms with E-state index in [9.17, 15) is 0 Å². The lowest BCUT2D eigenvalue weighted by Gasteiger charge is -1.90. The molecular weight excluding hydrogens is 156 g/mol. The summed E-state index contributed by atoms with van der Waals surface area (Å²) in [6.45, 7) is 0. The van der Waals surface area contributed by atoms with Gasteiger partial charge in [-0.1, -0.05) is 0 Å². The molecule has 60 valence electrons. The van der Waals surface area contributed by atoms with Crippen molar-refractivity contribution in [3.63, 3.8) is 0 Å². The lowest BCUT2D eigenvalue weighted by atomic mass is 10.2. The first kappa shape index (κ1) is 6.84. The van der Waals surface area contributed by atoms with Crippen LogP contribution in [0, 0.1) is 0 Å². The van der Waals surface area contributed by atoms with E-state index >= 15 is 0 Å². The van der Waals surface area contributed by atoms with Crippen LogP contribution >= 0.6 is 0 Å². The zero-order valence-electron chi connectivity index (χ0n) is 6.14. The van der Waals surface area contributed by atoms with Gasteiger partial charge in [0.1, 0.15) is 0 Å². The van der Waals surface area contributed by atoms with Gasteiger partial charge in [0, 0.05) is 24.0 Å². The van der Waals surface area contributed by atoms with E-state index in [2.05, 4.69) is 10.1 Å². The summed E-state index contributed by atoms with van der Waals surface area (Å²) >= 11 is 0. The zero-order chi connectivity index (χ0) is 8.39. The Kier molecular flexibility index (Phi) is 1.51. The number of hydrogen-bond acceptors (Lipinski definition) is 4. The molecule has 2 heterocycles. The van der Waals surface area contributed by atoms with Crippen LogP contribution in [0.1, 0.15) is 0 Å². The summed E-state index contributed by atoms with van der Waals surface area (Å²) in [5.41, 5.74) is 0.797. The summed E-state index contributed by atoms with van der Waals surface area (Å²) in [7, 11) is 0. The first-order valence-corrected chi connectivity index (χ1v) is 3.42. The Morgan fingerprint density at radius 1 is 1.42 bits per heavy atom. The van der Waals surface area contributed by atoms with Crippen LogP contribution < -0.4 is 0 Å². The molecule has 0 radical (unpaired) electrons. The van der Waals surface area contributed by atoms with E-state index in [0.717, 1.165) is 5.56 Å². The predicted molar refractivity (Wildman–Crippen MR) is 41.4 cm³/mol. The Balaban J connectivity index is 2.45. The lowest BCUT2D eigenvalue weighted by Crippen LogP contribution is -1.73. The predicted octanol–water partition coefficient (Wildman–Crippen LogP) is 1.44. The van der Waals surface area contributed by atoms with Crippen molar-refractivity contribution >= 4 is 0 Å². The van der Waals surface area contributed by atoms with Crippen molar-refractivity contribution in [2.24, 2.45) is 0 Å². The fourth-order valence-electron chi connectivity index (χ4n) is 0.910. The maximum Gasteiger partial charge on any atom is 0.252 e. The SMILES string of the molecule is Oc1cc(-c2cccnc2)on1. The highest BCUT2D eigenvalue weighted by Crippen LogP contribution is 2.21. The van der Waals surface area contributed by atoms with Gasteiger partial charge in [-0.2, -0.15) is 0 Å². The molecule has 0 saturated carbocycles. The van der Waals surface area contributed by atoms with Crippen LogP contribution in [0.4, 0.5) is 0 Å². The summed E-state index contributed by atoms with van der Waals surface area (Å²) in [4.78, 5) is 3.90. The number of pyridine rings is 1. The second-order valence-electron chi connectivity index (χ2n) is 2.29. The number of aromatic hydroxyl groups is 1. The van der Waals surface area contributed by atoms with Gasteiger partial charge in [-0.25, -0.2) is 0 Å². The van der Waals surface area contributed by atoms with E-state index in [1.54, 1.807) is 18.5 Å². The van der Waals surface area contributed by atoms with Gasteiger partial charge in [-0.05, 0) is 17.3 Å². The van der Waals surface area contributed by atoms with Crippen molar-refractivity contribution in [2.75, 3.05) is 0 Å². The van der Waals surface area contributed by atoms with Gasteiger partial charge in [0.25, 0.3) is 5.88 Å². The van der Waals surface area contributed by atoms with Gasteiger partial charge in [-0.15, -0.1) is 0 Å². The summed E-state index contributed by atoms with van der Waals surface area (Å²) in [6, 6.07) is 5.05. The highest BCUT2D eigenvalue weighted by molar-refractivity contribution is 5.56. The van der Waals surface area contributed by atoms with E-state index in [4.69, 9.17) is 9.63 Å². The Morgan fingerprint density at radius 3 is 2.92 bits per heavy atom. The minimum atomic E-state index is -0.117. The second-order valence-corrected chi connectivity index (χ2v) is 2.29. The first-order chi connectivity index (χ1) is 5.86. The average molecular weight is 162 g/mol. The first-order valence-electron chi connectivity index (χ1n) is 3.42. The second kappa shape index (κ2) is 2.65. The van der Waals surface area contributed by atoms with E-state index in [-0.39, 0.29) is 5.88 Å². The molecule has 0 unspecified atom stereocenters. The van der Waals surface area contributed by atoms with Crippen LogP contribution in [0.15, 0.2) is 35.1 Å². The Hall–Kier alpha value is -1.84. The third-order valence-corrected chi connectivity index (χ3v) is 1.44. The molecule has 0 saturated heterocycles. The van der Waals surface area contributed by atoms with Crippen molar-refractivity contribution in [2.45, 2.75) is 0 Å². The molecule has 0 aliphatic heterocycles. The van der Waals surface area contributed by atoms with Crippen molar-refractivity contribution in [3.05, 3.63) is 30.6 Å².